The maximum absolute atomic E-state index is 11.8. The number of sulfonamides is 1. The second-order valence-electron chi connectivity index (χ2n) is 5.92. The van der Waals surface area contributed by atoms with Crippen molar-refractivity contribution in [2.45, 2.75) is 39.0 Å². The zero-order valence-corrected chi connectivity index (χ0v) is 13.2. The molecule has 0 radical (unpaired) electrons. The lowest BCUT2D eigenvalue weighted by atomic mass is 9.92. The summed E-state index contributed by atoms with van der Waals surface area (Å²) in [5.74, 6) is 0. The van der Waals surface area contributed by atoms with Crippen molar-refractivity contribution in [3.63, 3.8) is 0 Å². The highest BCUT2D eigenvalue weighted by Gasteiger charge is 2.13. The molecule has 0 amide bonds. The van der Waals surface area contributed by atoms with Crippen LogP contribution in [0.1, 0.15) is 32.8 Å². The Morgan fingerprint density at radius 3 is 2.37 bits per heavy atom. The van der Waals surface area contributed by atoms with Crippen molar-refractivity contribution < 1.29 is 8.42 Å². The first kappa shape index (κ1) is 16.0. The molecule has 5 heteroatoms. The van der Waals surface area contributed by atoms with E-state index in [9.17, 15) is 8.42 Å². The van der Waals surface area contributed by atoms with Crippen LogP contribution in [0, 0.1) is 12.3 Å². The summed E-state index contributed by atoms with van der Waals surface area (Å²) in [6.45, 7) is 9.35. The summed E-state index contributed by atoms with van der Waals surface area (Å²) in [5, 5.41) is 3.31. The fraction of sp³-hybridized carbons (Fsp3) is 0.571. The molecule has 1 aromatic carbocycles. The maximum atomic E-state index is 11.8. The van der Waals surface area contributed by atoms with Crippen LogP contribution in [-0.2, 0) is 10.0 Å². The largest absolute Gasteiger partial charge is 0.385 e. The second kappa shape index (κ2) is 5.92. The molecule has 2 N–H and O–H groups in total. The third-order valence-electron chi connectivity index (χ3n) is 2.98. The van der Waals surface area contributed by atoms with Gasteiger partial charge in [0.25, 0.3) is 0 Å². The van der Waals surface area contributed by atoms with Gasteiger partial charge in [-0.2, -0.15) is 0 Å². The fourth-order valence-electron chi connectivity index (χ4n) is 1.65. The van der Waals surface area contributed by atoms with Gasteiger partial charge in [-0.3, -0.25) is 0 Å². The van der Waals surface area contributed by atoms with Gasteiger partial charge in [0, 0.05) is 12.2 Å². The Hall–Kier alpha value is -1.07. The average Bonchev–Trinajstić information content (AvgIpc) is 2.29. The minimum absolute atomic E-state index is 0.259. The summed E-state index contributed by atoms with van der Waals surface area (Å²) in [7, 11) is -1.96. The van der Waals surface area contributed by atoms with E-state index in [2.05, 4.69) is 30.8 Å². The van der Waals surface area contributed by atoms with E-state index in [0.29, 0.717) is 4.90 Å². The van der Waals surface area contributed by atoms with Gasteiger partial charge in [0.05, 0.1) is 4.90 Å². The van der Waals surface area contributed by atoms with Crippen LogP contribution in [0.5, 0.6) is 0 Å². The fourth-order valence-corrected chi connectivity index (χ4v) is 2.40. The standard InChI is InChI=1S/C14H24N2O2S/c1-11-6-7-12(19(17,18)15-5)10-13(11)16-9-8-14(2,3)4/h6-7,10,15-16H,8-9H2,1-5H3. The molecule has 1 rings (SSSR count). The van der Waals surface area contributed by atoms with Gasteiger partial charge in [-0.1, -0.05) is 26.8 Å². The molecule has 0 aliphatic heterocycles. The Kier molecular flexibility index (Phi) is 4.98. The van der Waals surface area contributed by atoms with E-state index >= 15 is 0 Å². The van der Waals surface area contributed by atoms with Gasteiger partial charge in [-0.25, -0.2) is 13.1 Å². The van der Waals surface area contributed by atoms with Crippen LogP contribution in [0.4, 0.5) is 5.69 Å². The van der Waals surface area contributed by atoms with E-state index < -0.39 is 10.0 Å². The Bertz CT molecular complexity index is 531. The van der Waals surface area contributed by atoms with Gasteiger partial charge < -0.3 is 5.32 Å². The van der Waals surface area contributed by atoms with Crippen LogP contribution >= 0.6 is 0 Å². The van der Waals surface area contributed by atoms with Crippen LogP contribution < -0.4 is 10.0 Å². The van der Waals surface area contributed by atoms with E-state index in [4.69, 9.17) is 0 Å². The van der Waals surface area contributed by atoms with E-state index in [1.54, 1.807) is 12.1 Å². The highest BCUT2D eigenvalue weighted by atomic mass is 32.2. The molecular formula is C14H24N2O2S. The predicted molar refractivity (Wildman–Crippen MR) is 80.0 cm³/mol. The zero-order valence-electron chi connectivity index (χ0n) is 12.4. The molecule has 1 aromatic rings. The third-order valence-corrected chi connectivity index (χ3v) is 4.39. The lowest BCUT2D eigenvalue weighted by Gasteiger charge is -2.19. The summed E-state index contributed by atoms with van der Waals surface area (Å²) < 4.78 is 25.8. The molecule has 0 atom stereocenters. The summed E-state index contributed by atoms with van der Waals surface area (Å²) >= 11 is 0. The number of benzene rings is 1. The maximum Gasteiger partial charge on any atom is 0.240 e. The summed E-state index contributed by atoms with van der Waals surface area (Å²) in [4.78, 5) is 0.291. The van der Waals surface area contributed by atoms with Crippen LogP contribution in [-0.4, -0.2) is 22.0 Å². The number of hydrogen-bond donors (Lipinski definition) is 2. The van der Waals surface area contributed by atoms with E-state index in [1.165, 1.54) is 7.05 Å². The lowest BCUT2D eigenvalue weighted by molar-refractivity contribution is 0.390. The normalized spacial score (nSPS) is 12.5. The lowest BCUT2D eigenvalue weighted by Crippen LogP contribution is -2.19. The van der Waals surface area contributed by atoms with Gasteiger partial charge in [0.1, 0.15) is 0 Å². The van der Waals surface area contributed by atoms with Gasteiger partial charge in [-0.05, 0) is 43.5 Å². The zero-order chi connectivity index (χ0) is 14.7. The molecule has 108 valence electrons. The second-order valence-corrected chi connectivity index (χ2v) is 7.81. The minimum atomic E-state index is -3.38. The highest BCUT2D eigenvalue weighted by molar-refractivity contribution is 7.89. The first-order chi connectivity index (χ1) is 8.65. The molecule has 4 nitrogen and oxygen atoms in total. The topological polar surface area (TPSA) is 58.2 Å². The molecule has 0 aliphatic carbocycles. The van der Waals surface area contributed by atoms with Crippen LogP contribution in [0.15, 0.2) is 23.1 Å². The summed E-state index contributed by atoms with van der Waals surface area (Å²) in [5.41, 5.74) is 2.18. The minimum Gasteiger partial charge on any atom is -0.385 e. The number of aryl methyl sites for hydroxylation is 1. The molecule has 19 heavy (non-hydrogen) atoms. The summed E-state index contributed by atoms with van der Waals surface area (Å²) in [6, 6.07) is 5.13. The van der Waals surface area contributed by atoms with E-state index in [0.717, 1.165) is 24.2 Å². The number of anilines is 1. The van der Waals surface area contributed by atoms with Crippen molar-refractivity contribution in [2.24, 2.45) is 5.41 Å². The molecular weight excluding hydrogens is 260 g/mol. The number of hydrogen-bond acceptors (Lipinski definition) is 3. The van der Waals surface area contributed by atoms with E-state index in [1.807, 2.05) is 13.0 Å². The quantitative estimate of drug-likeness (QED) is 0.874. The van der Waals surface area contributed by atoms with Crippen molar-refractivity contribution >= 4 is 15.7 Å². The molecule has 0 bridgehead atoms. The van der Waals surface area contributed by atoms with Crippen molar-refractivity contribution in [1.82, 2.24) is 4.72 Å². The molecule has 0 aromatic heterocycles. The molecule has 0 fully saturated rings. The molecule has 0 spiro atoms. The average molecular weight is 284 g/mol. The van der Waals surface area contributed by atoms with Crippen molar-refractivity contribution in [1.29, 1.82) is 0 Å². The SMILES string of the molecule is CNS(=O)(=O)c1ccc(C)c(NCCC(C)(C)C)c1. The Labute approximate surface area is 116 Å². The molecule has 0 unspecified atom stereocenters. The number of nitrogens with one attached hydrogen (secondary N) is 2. The van der Waals surface area contributed by atoms with Crippen molar-refractivity contribution in [2.75, 3.05) is 18.9 Å². The Morgan fingerprint density at radius 1 is 1.21 bits per heavy atom. The molecule has 0 heterocycles. The van der Waals surface area contributed by atoms with Crippen LogP contribution in [0.3, 0.4) is 0 Å². The van der Waals surface area contributed by atoms with Crippen LogP contribution in [0.25, 0.3) is 0 Å². The Morgan fingerprint density at radius 2 is 1.84 bits per heavy atom. The molecule has 0 saturated heterocycles. The highest BCUT2D eigenvalue weighted by Crippen LogP contribution is 2.22. The van der Waals surface area contributed by atoms with Crippen LogP contribution in [0.2, 0.25) is 0 Å². The van der Waals surface area contributed by atoms with Crippen molar-refractivity contribution in [3.05, 3.63) is 23.8 Å². The van der Waals surface area contributed by atoms with Crippen molar-refractivity contribution in [3.8, 4) is 0 Å². The molecule has 0 saturated carbocycles. The van der Waals surface area contributed by atoms with Gasteiger partial charge in [0.2, 0.25) is 10.0 Å². The predicted octanol–water partition coefficient (Wildman–Crippen LogP) is 2.75. The first-order valence-corrected chi connectivity index (χ1v) is 7.92. The monoisotopic (exact) mass is 284 g/mol. The van der Waals surface area contributed by atoms with Gasteiger partial charge >= 0.3 is 0 Å². The van der Waals surface area contributed by atoms with E-state index in [-0.39, 0.29) is 5.41 Å². The third kappa shape index (κ3) is 4.84. The smallest absolute Gasteiger partial charge is 0.240 e. The first-order valence-electron chi connectivity index (χ1n) is 6.44. The summed E-state index contributed by atoms with van der Waals surface area (Å²) in [6.07, 6.45) is 1.02. The van der Waals surface area contributed by atoms with Gasteiger partial charge in [0.15, 0.2) is 0 Å². The molecule has 0 aliphatic rings. The van der Waals surface area contributed by atoms with Gasteiger partial charge in [-0.15, -0.1) is 0 Å². The Balaban J connectivity index is 2.87. The number of rotatable bonds is 5.